The van der Waals surface area contributed by atoms with Crippen molar-refractivity contribution in [2.24, 2.45) is 5.10 Å². The van der Waals surface area contributed by atoms with Gasteiger partial charge in [-0.1, -0.05) is 29.3 Å². The first-order valence-electron chi connectivity index (χ1n) is 7.62. The van der Waals surface area contributed by atoms with Gasteiger partial charge in [-0.25, -0.2) is 13.4 Å². The van der Waals surface area contributed by atoms with Gasteiger partial charge in [-0.05, 0) is 18.6 Å². The maximum Gasteiger partial charge on any atom is 0.271 e. The minimum absolute atomic E-state index is 0.0244. The van der Waals surface area contributed by atoms with Gasteiger partial charge in [0.2, 0.25) is 5.91 Å². The van der Waals surface area contributed by atoms with E-state index in [2.05, 4.69) is 10.4 Å². The molecule has 1 aromatic carbocycles. The van der Waals surface area contributed by atoms with E-state index in [0.29, 0.717) is 17.1 Å². The number of rotatable bonds is 3. The van der Waals surface area contributed by atoms with Gasteiger partial charge in [0.15, 0.2) is 9.84 Å². The Bertz CT molecular complexity index is 870. The second kappa shape index (κ2) is 6.93. The van der Waals surface area contributed by atoms with Crippen LogP contribution in [0.3, 0.4) is 0 Å². The molecule has 134 valence electrons. The highest BCUT2D eigenvalue weighted by atomic mass is 35.5. The van der Waals surface area contributed by atoms with Crippen molar-refractivity contribution in [3.8, 4) is 0 Å². The van der Waals surface area contributed by atoms with Crippen LogP contribution in [0, 0.1) is 0 Å². The number of amides is 2. The monoisotopic (exact) mass is 403 g/mol. The lowest BCUT2D eigenvalue weighted by molar-refractivity contribution is -0.133. The average Bonchev–Trinajstić information content (AvgIpc) is 2.92. The van der Waals surface area contributed by atoms with Gasteiger partial charge in [0.1, 0.15) is 5.71 Å². The van der Waals surface area contributed by atoms with Gasteiger partial charge in [-0.2, -0.15) is 5.10 Å². The predicted molar refractivity (Wildman–Crippen MR) is 95.7 cm³/mol. The molecular weight excluding hydrogens is 389 g/mol. The van der Waals surface area contributed by atoms with Crippen molar-refractivity contribution in [1.29, 1.82) is 0 Å². The molecule has 25 heavy (non-hydrogen) atoms. The molecule has 1 fully saturated rings. The van der Waals surface area contributed by atoms with Gasteiger partial charge >= 0.3 is 0 Å². The van der Waals surface area contributed by atoms with Gasteiger partial charge in [-0.15, -0.1) is 0 Å². The van der Waals surface area contributed by atoms with Crippen molar-refractivity contribution in [2.45, 2.75) is 25.3 Å². The van der Waals surface area contributed by atoms with Crippen LogP contribution in [0.1, 0.15) is 19.3 Å². The number of anilines is 1. The number of nitrogens with zero attached hydrogens (tertiary/aromatic N) is 2. The lowest BCUT2D eigenvalue weighted by atomic mass is 10.1. The Morgan fingerprint density at radius 2 is 2.04 bits per heavy atom. The fourth-order valence-corrected chi connectivity index (χ4v) is 4.82. The zero-order chi connectivity index (χ0) is 18.2. The molecule has 2 heterocycles. The maximum absolute atomic E-state index is 12.4. The fraction of sp³-hybridized carbons (Fsp3) is 0.400. The lowest BCUT2D eigenvalue weighted by Gasteiger charge is -2.27. The molecule has 0 aromatic heterocycles. The Kier molecular flexibility index (Phi) is 5.04. The molecule has 1 saturated heterocycles. The van der Waals surface area contributed by atoms with E-state index in [1.165, 1.54) is 0 Å². The van der Waals surface area contributed by atoms with Gasteiger partial charge in [-0.3, -0.25) is 9.59 Å². The minimum Gasteiger partial charge on any atom is -0.319 e. The molecule has 7 nitrogen and oxygen atoms in total. The molecule has 1 unspecified atom stereocenters. The second-order valence-electron chi connectivity index (χ2n) is 5.90. The maximum atomic E-state index is 12.4. The van der Waals surface area contributed by atoms with E-state index in [1.54, 1.807) is 18.2 Å². The van der Waals surface area contributed by atoms with Crippen LogP contribution >= 0.6 is 23.2 Å². The van der Waals surface area contributed by atoms with Crippen molar-refractivity contribution in [3.05, 3.63) is 28.2 Å². The molecule has 0 saturated carbocycles. The van der Waals surface area contributed by atoms with Crippen LogP contribution in [0.4, 0.5) is 5.69 Å². The molecule has 1 N–H and O–H groups in total. The van der Waals surface area contributed by atoms with E-state index >= 15 is 0 Å². The molecular formula is C15H15Cl2N3O4S. The summed E-state index contributed by atoms with van der Waals surface area (Å²) in [4.78, 5) is 24.5. The second-order valence-corrected chi connectivity index (χ2v) is 8.91. The minimum atomic E-state index is -3.16. The molecule has 2 aliphatic heterocycles. The zero-order valence-electron chi connectivity index (χ0n) is 13.0. The van der Waals surface area contributed by atoms with Crippen molar-refractivity contribution < 1.29 is 18.0 Å². The highest BCUT2D eigenvalue weighted by Crippen LogP contribution is 2.30. The summed E-state index contributed by atoms with van der Waals surface area (Å²) in [5, 5.41) is 8.38. The van der Waals surface area contributed by atoms with Gasteiger partial charge in [0, 0.05) is 12.8 Å². The summed E-state index contributed by atoms with van der Waals surface area (Å²) >= 11 is 12.0. The number of carbonyl (C=O) groups excluding carboxylic acids is 2. The fourth-order valence-electron chi connectivity index (χ4n) is 2.78. The number of hydrogen-bond acceptors (Lipinski definition) is 5. The largest absolute Gasteiger partial charge is 0.319 e. The van der Waals surface area contributed by atoms with Gasteiger partial charge < -0.3 is 5.32 Å². The Labute approximate surface area is 154 Å². The van der Waals surface area contributed by atoms with E-state index in [1.807, 2.05) is 0 Å². The number of nitrogens with one attached hydrogen (secondary N) is 1. The Hall–Kier alpha value is -1.64. The van der Waals surface area contributed by atoms with Gasteiger partial charge in [0.25, 0.3) is 5.91 Å². The van der Waals surface area contributed by atoms with Crippen molar-refractivity contribution in [3.63, 3.8) is 0 Å². The molecule has 2 amide bonds. The third-order valence-corrected chi connectivity index (χ3v) is 6.65. The Balaban J connectivity index is 1.79. The van der Waals surface area contributed by atoms with Crippen LogP contribution in [-0.2, 0) is 19.4 Å². The first-order chi connectivity index (χ1) is 11.8. The number of hydrogen-bond donors (Lipinski definition) is 1. The summed E-state index contributed by atoms with van der Waals surface area (Å²) in [5.41, 5.74) is 0.494. The van der Waals surface area contributed by atoms with E-state index in [9.17, 15) is 18.0 Å². The average molecular weight is 404 g/mol. The number of halogens is 2. The van der Waals surface area contributed by atoms with Crippen LogP contribution < -0.4 is 5.32 Å². The standard InChI is InChI=1S/C15H15Cl2N3O4S/c16-10-2-1-3-11(14(10)17)18-15(22)12-4-5-13(21)20(19-12)9-6-7-25(23,24)8-9/h1-3,9H,4-8H2,(H,18,22). The SMILES string of the molecule is O=C(Nc1cccc(Cl)c1Cl)C1=NN(C2CCS(=O)(=O)C2)C(=O)CC1. The van der Waals surface area contributed by atoms with E-state index in [0.717, 1.165) is 5.01 Å². The third kappa shape index (κ3) is 3.96. The number of sulfone groups is 1. The molecule has 0 bridgehead atoms. The van der Waals surface area contributed by atoms with E-state index in [4.69, 9.17) is 23.2 Å². The van der Waals surface area contributed by atoms with Crippen molar-refractivity contribution in [2.75, 3.05) is 16.8 Å². The van der Waals surface area contributed by atoms with Crippen LogP contribution in [0.5, 0.6) is 0 Å². The van der Waals surface area contributed by atoms with Crippen LogP contribution in [0.2, 0.25) is 10.0 Å². The number of benzene rings is 1. The normalized spacial score (nSPS) is 22.6. The lowest BCUT2D eigenvalue weighted by Crippen LogP contribution is -2.42. The molecule has 2 aliphatic rings. The highest BCUT2D eigenvalue weighted by molar-refractivity contribution is 7.91. The van der Waals surface area contributed by atoms with Gasteiger partial charge in [0.05, 0.1) is 33.3 Å². The summed E-state index contributed by atoms with van der Waals surface area (Å²) in [5.74, 6) is -0.879. The first kappa shape index (κ1) is 18.2. The predicted octanol–water partition coefficient (Wildman–Crippen LogP) is 2.10. The van der Waals surface area contributed by atoms with Crippen LogP contribution in [0.25, 0.3) is 0 Å². The van der Waals surface area contributed by atoms with E-state index < -0.39 is 21.8 Å². The summed E-state index contributed by atoms with van der Waals surface area (Å²) in [6, 6.07) is 4.32. The van der Waals surface area contributed by atoms with Crippen molar-refractivity contribution >= 4 is 56.3 Å². The summed E-state index contributed by atoms with van der Waals surface area (Å²) in [6.07, 6.45) is 0.609. The molecule has 0 radical (unpaired) electrons. The van der Waals surface area contributed by atoms with Crippen molar-refractivity contribution in [1.82, 2.24) is 5.01 Å². The van der Waals surface area contributed by atoms with E-state index in [-0.39, 0.29) is 41.0 Å². The van der Waals surface area contributed by atoms with Crippen LogP contribution in [-0.4, -0.2) is 48.5 Å². The molecule has 3 rings (SSSR count). The summed E-state index contributed by atoms with van der Waals surface area (Å²) < 4.78 is 23.2. The quantitative estimate of drug-likeness (QED) is 0.835. The number of hydrazone groups is 1. The number of carbonyl (C=O) groups is 2. The topological polar surface area (TPSA) is 95.9 Å². The molecule has 1 aromatic rings. The highest BCUT2D eigenvalue weighted by Gasteiger charge is 2.37. The summed E-state index contributed by atoms with van der Waals surface area (Å²) in [7, 11) is -3.16. The molecule has 10 heteroatoms. The third-order valence-electron chi connectivity index (χ3n) is 4.08. The first-order valence-corrected chi connectivity index (χ1v) is 10.2. The molecule has 0 aliphatic carbocycles. The molecule has 1 atom stereocenters. The Morgan fingerprint density at radius 1 is 1.28 bits per heavy atom. The molecule has 0 spiro atoms. The summed E-state index contributed by atoms with van der Waals surface area (Å²) in [6.45, 7) is 0. The smallest absolute Gasteiger partial charge is 0.271 e. The zero-order valence-corrected chi connectivity index (χ0v) is 15.4. The Morgan fingerprint density at radius 3 is 2.72 bits per heavy atom. The van der Waals surface area contributed by atoms with Crippen LogP contribution in [0.15, 0.2) is 23.3 Å².